The van der Waals surface area contributed by atoms with Crippen molar-refractivity contribution in [3.05, 3.63) is 89.4 Å². The van der Waals surface area contributed by atoms with Gasteiger partial charge in [0.15, 0.2) is 5.82 Å². The highest BCUT2D eigenvalue weighted by atomic mass is 16.1. The molecular weight excluding hydrogens is 486 g/mol. The predicted molar refractivity (Wildman–Crippen MR) is 156 cm³/mol. The highest BCUT2D eigenvalue weighted by Crippen LogP contribution is 2.26. The molecule has 0 saturated carbocycles. The van der Waals surface area contributed by atoms with E-state index in [1.54, 1.807) is 0 Å². The summed E-state index contributed by atoms with van der Waals surface area (Å²) in [7, 11) is 2.06. The van der Waals surface area contributed by atoms with Crippen molar-refractivity contribution in [2.45, 2.75) is 20.3 Å². The number of nitrogens with zero attached hydrogens (tertiary/aromatic N) is 6. The molecule has 1 aliphatic rings. The van der Waals surface area contributed by atoms with E-state index in [4.69, 9.17) is 4.98 Å². The number of rotatable bonds is 6. The number of nitrogens with one attached hydrogen (secondary N) is 1. The Balaban J connectivity index is 1.09. The van der Waals surface area contributed by atoms with Crippen molar-refractivity contribution in [1.29, 1.82) is 0 Å². The van der Waals surface area contributed by atoms with E-state index in [-0.39, 0.29) is 5.91 Å². The fourth-order valence-electron chi connectivity index (χ4n) is 5.44. The number of aryl methyl sites for hydroxylation is 3. The third-order valence-electron chi connectivity index (χ3n) is 7.69. The van der Waals surface area contributed by atoms with Gasteiger partial charge >= 0.3 is 0 Å². The lowest BCUT2D eigenvalue weighted by Crippen LogP contribution is -2.47. The topological polar surface area (TPSA) is 79.2 Å². The van der Waals surface area contributed by atoms with E-state index in [1.807, 2.05) is 56.3 Å². The molecule has 1 fully saturated rings. The maximum absolute atomic E-state index is 12.7. The van der Waals surface area contributed by atoms with E-state index < -0.39 is 0 Å². The molecular formula is C31H33N7O. The lowest BCUT2D eigenvalue weighted by atomic mass is 10.1. The van der Waals surface area contributed by atoms with Gasteiger partial charge in [0.1, 0.15) is 5.82 Å². The van der Waals surface area contributed by atoms with Gasteiger partial charge in [-0.25, -0.2) is 4.98 Å². The van der Waals surface area contributed by atoms with Crippen LogP contribution in [0.15, 0.2) is 66.7 Å². The summed E-state index contributed by atoms with van der Waals surface area (Å²) >= 11 is 0. The van der Waals surface area contributed by atoms with Gasteiger partial charge in [-0.15, -0.1) is 5.10 Å². The van der Waals surface area contributed by atoms with E-state index >= 15 is 0 Å². The van der Waals surface area contributed by atoms with Gasteiger partial charge in [-0.1, -0.05) is 42.0 Å². The summed E-state index contributed by atoms with van der Waals surface area (Å²) in [6.07, 6.45) is 0.865. The van der Waals surface area contributed by atoms with E-state index in [0.29, 0.717) is 5.56 Å². The van der Waals surface area contributed by atoms with Gasteiger partial charge in [-0.05, 0) is 44.2 Å². The molecule has 1 saturated heterocycles. The van der Waals surface area contributed by atoms with Gasteiger partial charge in [-0.2, -0.15) is 5.10 Å². The van der Waals surface area contributed by atoms with Crippen LogP contribution in [0.3, 0.4) is 0 Å². The van der Waals surface area contributed by atoms with Gasteiger partial charge in [0.05, 0.1) is 16.7 Å². The van der Waals surface area contributed by atoms with E-state index in [1.165, 1.54) is 10.8 Å². The average molecular weight is 520 g/mol. The number of hydrogen-bond donors (Lipinski definition) is 1. The largest absolute Gasteiger partial charge is 0.352 e. The Morgan fingerprint density at radius 3 is 2.49 bits per heavy atom. The highest BCUT2D eigenvalue weighted by Gasteiger charge is 2.21. The highest BCUT2D eigenvalue weighted by molar-refractivity contribution is 6.05. The number of imidazole rings is 1. The van der Waals surface area contributed by atoms with Crippen LogP contribution in [0.4, 0.5) is 11.5 Å². The van der Waals surface area contributed by atoms with Crippen LogP contribution in [0.25, 0.3) is 21.8 Å². The van der Waals surface area contributed by atoms with Crippen LogP contribution in [0.5, 0.6) is 0 Å². The Morgan fingerprint density at radius 1 is 0.897 bits per heavy atom. The molecule has 39 heavy (non-hydrogen) atoms. The Kier molecular flexibility index (Phi) is 6.70. The zero-order chi connectivity index (χ0) is 26.9. The monoisotopic (exact) mass is 519 g/mol. The second-order valence-corrected chi connectivity index (χ2v) is 10.3. The smallest absolute Gasteiger partial charge is 0.255 e. The predicted octanol–water partition coefficient (Wildman–Crippen LogP) is 4.75. The molecule has 0 atom stereocenters. The number of aromatic nitrogens is 4. The number of carbonyl (C=O) groups excluding carboxylic acids is 1. The summed E-state index contributed by atoms with van der Waals surface area (Å²) in [5, 5.41) is 14.3. The summed E-state index contributed by atoms with van der Waals surface area (Å²) < 4.78 is 2.16. The quantitative estimate of drug-likeness (QED) is 0.349. The molecule has 0 aliphatic carbocycles. The summed E-state index contributed by atoms with van der Waals surface area (Å²) in [6, 6.07) is 21.9. The van der Waals surface area contributed by atoms with Crippen LogP contribution < -0.4 is 10.2 Å². The van der Waals surface area contributed by atoms with E-state index in [0.717, 1.165) is 78.8 Å². The number of carbonyl (C=O) groups is 1. The fraction of sp³-hybridized carbons (Fsp3) is 0.290. The number of fused-ring (bicyclic) bond motifs is 2. The molecule has 2 aromatic heterocycles. The molecule has 8 heteroatoms. The first-order valence-corrected chi connectivity index (χ1v) is 13.5. The fourth-order valence-corrected chi connectivity index (χ4v) is 5.44. The molecule has 198 valence electrons. The number of amides is 1. The lowest BCUT2D eigenvalue weighted by Gasteiger charge is -2.35. The number of benzene rings is 3. The number of anilines is 2. The van der Waals surface area contributed by atoms with Crippen molar-refractivity contribution in [3.63, 3.8) is 0 Å². The SMILES string of the molecule is Cc1cccc(C(=O)Nc2ccc3c(c2)nc(CCN2CCN(c4nnc(C)c5ccccc45)CC2)n3C)c1. The molecule has 0 spiro atoms. The van der Waals surface area contributed by atoms with E-state index in [9.17, 15) is 4.79 Å². The van der Waals surface area contributed by atoms with Crippen LogP contribution in [-0.4, -0.2) is 63.3 Å². The molecule has 1 amide bonds. The normalized spacial score (nSPS) is 14.3. The van der Waals surface area contributed by atoms with Gasteiger partial charge in [0.2, 0.25) is 0 Å². The minimum atomic E-state index is -0.113. The average Bonchev–Trinajstić information content (AvgIpc) is 3.27. The molecule has 1 N–H and O–H groups in total. The van der Waals surface area contributed by atoms with Gasteiger partial charge in [0, 0.05) is 68.2 Å². The first-order chi connectivity index (χ1) is 19.0. The van der Waals surface area contributed by atoms with Crippen LogP contribution >= 0.6 is 0 Å². The van der Waals surface area contributed by atoms with Crippen LogP contribution in [0.1, 0.15) is 27.4 Å². The van der Waals surface area contributed by atoms with Crippen molar-refractivity contribution >= 4 is 39.2 Å². The summed E-state index contributed by atoms with van der Waals surface area (Å²) in [5.41, 5.74) is 5.39. The Bertz CT molecular complexity index is 1670. The van der Waals surface area contributed by atoms with Crippen molar-refractivity contribution in [2.75, 3.05) is 42.9 Å². The molecule has 8 nitrogen and oxygen atoms in total. The Hall–Kier alpha value is -4.30. The van der Waals surface area contributed by atoms with Crippen LogP contribution in [0.2, 0.25) is 0 Å². The first-order valence-electron chi connectivity index (χ1n) is 13.5. The van der Waals surface area contributed by atoms with Gasteiger partial charge < -0.3 is 14.8 Å². The standard InChI is InChI=1S/C31H33N7O/c1-21-7-6-8-23(19-21)31(39)32-24-11-12-28-27(20-24)33-29(36(28)3)13-14-37-15-17-38(18-16-37)30-26-10-5-4-9-25(26)22(2)34-35-30/h4-12,19-20H,13-18H2,1-3H3,(H,32,39). The molecule has 3 heterocycles. The molecule has 0 bridgehead atoms. The molecule has 0 radical (unpaired) electrons. The zero-order valence-corrected chi connectivity index (χ0v) is 22.7. The first kappa shape index (κ1) is 25.0. The maximum atomic E-state index is 12.7. The third kappa shape index (κ3) is 5.07. The van der Waals surface area contributed by atoms with Crippen molar-refractivity contribution in [3.8, 4) is 0 Å². The van der Waals surface area contributed by atoms with Crippen LogP contribution in [-0.2, 0) is 13.5 Å². The van der Waals surface area contributed by atoms with Gasteiger partial charge in [-0.3, -0.25) is 9.69 Å². The zero-order valence-electron chi connectivity index (χ0n) is 22.7. The summed E-state index contributed by atoms with van der Waals surface area (Å²) in [4.78, 5) is 22.5. The molecule has 3 aromatic carbocycles. The van der Waals surface area contributed by atoms with Crippen molar-refractivity contribution in [2.24, 2.45) is 7.05 Å². The number of piperazine rings is 1. The molecule has 1 aliphatic heterocycles. The maximum Gasteiger partial charge on any atom is 0.255 e. The second-order valence-electron chi connectivity index (χ2n) is 10.3. The van der Waals surface area contributed by atoms with Crippen molar-refractivity contribution in [1.82, 2.24) is 24.6 Å². The Morgan fingerprint density at radius 2 is 1.69 bits per heavy atom. The molecule has 0 unspecified atom stereocenters. The minimum Gasteiger partial charge on any atom is -0.352 e. The third-order valence-corrected chi connectivity index (χ3v) is 7.69. The van der Waals surface area contributed by atoms with E-state index in [2.05, 4.69) is 61.2 Å². The number of hydrogen-bond acceptors (Lipinski definition) is 6. The molecule has 6 rings (SSSR count). The minimum absolute atomic E-state index is 0.113. The second kappa shape index (κ2) is 10.5. The summed E-state index contributed by atoms with van der Waals surface area (Å²) in [5.74, 6) is 1.92. The Labute approximate surface area is 228 Å². The van der Waals surface area contributed by atoms with Crippen LogP contribution in [0, 0.1) is 13.8 Å². The van der Waals surface area contributed by atoms with Crippen molar-refractivity contribution < 1.29 is 4.79 Å². The summed E-state index contributed by atoms with van der Waals surface area (Å²) in [6.45, 7) is 8.75. The molecule has 5 aromatic rings. The lowest BCUT2D eigenvalue weighted by molar-refractivity contribution is 0.102. The van der Waals surface area contributed by atoms with Gasteiger partial charge in [0.25, 0.3) is 5.91 Å².